The number of carbonyl (C=O) groups excluding carboxylic acids is 2. The Bertz CT molecular complexity index is 1170. The monoisotopic (exact) mass is 514 g/mol. The molecule has 1 aromatic heterocycles. The van der Waals surface area contributed by atoms with Crippen molar-refractivity contribution in [2.75, 3.05) is 31.2 Å². The quantitative estimate of drug-likeness (QED) is 0.302. The van der Waals surface area contributed by atoms with Crippen LogP contribution in [0.1, 0.15) is 57.2 Å². The van der Waals surface area contributed by atoms with Crippen molar-refractivity contribution >= 4 is 21.8 Å². The number of unbranched alkanes of at least 4 members (excludes halogenated alkanes) is 2. The maximum Gasteiger partial charge on any atom is 0.324 e. The molecule has 0 bridgehead atoms. The Balaban J connectivity index is 1.37. The van der Waals surface area contributed by atoms with Gasteiger partial charge in [-0.1, -0.05) is 43.7 Å². The van der Waals surface area contributed by atoms with Crippen LogP contribution in [0.15, 0.2) is 36.4 Å². The Hall–Kier alpha value is -3.01. The van der Waals surface area contributed by atoms with E-state index >= 15 is 0 Å². The van der Waals surface area contributed by atoms with Gasteiger partial charge in [0.2, 0.25) is 11.8 Å². The first kappa shape index (κ1) is 26.1. The van der Waals surface area contributed by atoms with Crippen LogP contribution < -0.4 is 10.1 Å². The number of urea groups is 1. The van der Waals surface area contributed by atoms with Gasteiger partial charge < -0.3 is 9.64 Å². The second-order valence-electron chi connectivity index (χ2n) is 9.63. The van der Waals surface area contributed by atoms with Crippen LogP contribution in [0.2, 0.25) is 0 Å². The van der Waals surface area contributed by atoms with E-state index in [4.69, 9.17) is 9.72 Å². The molecule has 1 atom stereocenters. The average Bonchev–Trinajstić information content (AvgIpc) is 3.64. The minimum atomic E-state index is -3.33. The molecular weight excluding hydrogens is 480 g/mol. The molecule has 36 heavy (non-hydrogen) atoms. The molecule has 2 aromatic rings. The number of imide groups is 1. The molecule has 0 spiro atoms. The fourth-order valence-electron chi connectivity index (χ4n) is 4.17. The second kappa shape index (κ2) is 11.8. The third kappa shape index (κ3) is 7.49. The lowest BCUT2D eigenvalue weighted by Crippen LogP contribution is -2.29. The minimum Gasteiger partial charge on any atom is -0.477 e. The van der Waals surface area contributed by atoms with E-state index in [-0.39, 0.29) is 35.9 Å². The summed E-state index contributed by atoms with van der Waals surface area (Å²) in [5, 5.41) is 2.24. The van der Waals surface area contributed by atoms with E-state index < -0.39 is 9.84 Å². The molecule has 1 saturated heterocycles. The summed E-state index contributed by atoms with van der Waals surface area (Å²) in [6.45, 7) is 3.08. The summed E-state index contributed by atoms with van der Waals surface area (Å²) in [5.41, 5.74) is 1.66. The zero-order valence-corrected chi connectivity index (χ0v) is 21.5. The average molecular weight is 515 g/mol. The SMILES string of the molecule is CCC(CS(=O)(=O)CCCCCN1CC(=O)NC1=O)c1nc(OCC2CC2)cc(-c2ccccc2)n1. The van der Waals surface area contributed by atoms with Crippen molar-refractivity contribution in [2.24, 2.45) is 5.92 Å². The van der Waals surface area contributed by atoms with Crippen LogP contribution in [0.4, 0.5) is 4.79 Å². The number of hydrogen-bond acceptors (Lipinski definition) is 7. The molecule has 1 N–H and O–H groups in total. The first-order valence-electron chi connectivity index (χ1n) is 12.7. The number of amides is 3. The first-order valence-corrected chi connectivity index (χ1v) is 14.5. The van der Waals surface area contributed by atoms with Crippen molar-refractivity contribution < 1.29 is 22.7 Å². The molecule has 10 heteroatoms. The van der Waals surface area contributed by atoms with Crippen molar-refractivity contribution in [3.8, 4) is 17.1 Å². The molecule has 194 valence electrons. The van der Waals surface area contributed by atoms with Gasteiger partial charge in [0.1, 0.15) is 12.4 Å². The third-order valence-corrected chi connectivity index (χ3v) is 8.34. The summed E-state index contributed by atoms with van der Waals surface area (Å²) in [6, 6.07) is 11.2. The molecule has 2 heterocycles. The van der Waals surface area contributed by atoms with Crippen molar-refractivity contribution in [2.45, 2.75) is 51.4 Å². The van der Waals surface area contributed by atoms with Gasteiger partial charge in [-0.15, -0.1) is 0 Å². The van der Waals surface area contributed by atoms with Gasteiger partial charge in [-0.2, -0.15) is 4.98 Å². The number of hydrogen-bond donors (Lipinski definition) is 1. The highest BCUT2D eigenvalue weighted by Crippen LogP contribution is 2.31. The normalized spacial score (nSPS) is 16.8. The van der Waals surface area contributed by atoms with E-state index in [1.807, 2.05) is 43.3 Å². The summed E-state index contributed by atoms with van der Waals surface area (Å²) < 4.78 is 31.8. The Morgan fingerprint density at radius 2 is 1.89 bits per heavy atom. The molecule has 1 saturated carbocycles. The highest BCUT2D eigenvalue weighted by atomic mass is 32.2. The molecule has 0 radical (unpaired) electrons. The second-order valence-corrected chi connectivity index (χ2v) is 11.9. The number of sulfone groups is 1. The zero-order chi connectivity index (χ0) is 25.5. The Labute approximate surface area is 212 Å². The Kier molecular flexibility index (Phi) is 8.56. The number of benzene rings is 1. The standard InChI is InChI=1S/C26H34N4O5S/c1-2-20(18-36(33,34)14-8-4-7-13-30-16-23(31)28-26(30)32)25-27-22(21-9-5-3-6-10-21)15-24(29-25)35-17-19-11-12-19/h3,5-6,9-10,15,19-20H,2,4,7-8,11-14,16-18H2,1H3,(H,28,31,32). The van der Waals surface area contributed by atoms with Crippen molar-refractivity contribution in [3.05, 3.63) is 42.2 Å². The van der Waals surface area contributed by atoms with Crippen LogP contribution in [0.25, 0.3) is 11.3 Å². The molecule has 3 amide bonds. The summed E-state index contributed by atoms with van der Waals surface area (Å²) in [7, 11) is -3.33. The molecule has 9 nitrogen and oxygen atoms in total. The largest absolute Gasteiger partial charge is 0.477 e. The van der Waals surface area contributed by atoms with E-state index in [9.17, 15) is 18.0 Å². The smallest absolute Gasteiger partial charge is 0.324 e. The van der Waals surface area contributed by atoms with E-state index in [0.717, 1.165) is 11.3 Å². The lowest BCUT2D eigenvalue weighted by Gasteiger charge is -2.17. The number of nitrogens with one attached hydrogen (secondary N) is 1. The van der Waals surface area contributed by atoms with E-state index in [1.54, 1.807) is 0 Å². The number of rotatable bonds is 14. The van der Waals surface area contributed by atoms with Crippen LogP contribution >= 0.6 is 0 Å². The van der Waals surface area contributed by atoms with Crippen molar-refractivity contribution in [3.63, 3.8) is 0 Å². The van der Waals surface area contributed by atoms with E-state index in [2.05, 4.69) is 10.3 Å². The highest BCUT2D eigenvalue weighted by molar-refractivity contribution is 7.91. The molecule has 1 aliphatic heterocycles. The highest BCUT2D eigenvalue weighted by Gasteiger charge is 2.27. The van der Waals surface area contributed by atoms with Crippen LogP contribution in [0.5, 0.6) is 5.88 Å². The number of aromatic nitrogens is 2. The topological polar surface area (TPSA) is 119 Å². The molecule has 1 unspecified atom stereocenters. The lowest BCUT2D eigenvalue weighted by atomic mass is 10.1. The van der Waals surface area contributed by atoms with Gasteiger partial charge in [0.05, 0.1) is 23.8 Å². The van der Waals surface area contributed by atoms with Crippen molar-refractivity contribution in [1.82, 2.24) is 20.2 Å². The van der Waals surface area contributed by atoms with Crippen LogP contribution in [-0.4, -0.2) is 66.4 Å². The molecular formula is C26H34N4O5S. The fourth-order valence-corrected chi connectivity index (χ4v) is 5.98. The summed E-state index contributed by atoms with van der Waals surface area (Å²) in [5.74, 6) is 0.981. The summed E-state index contributed by atoms with van der Waals surface area (Å²) >= 11 is 0. The van der Waals surface area contributed by atoms with Gasteiger partial charge in [0.15, 0.2) is 9.84 Å². The zero-order valence-electron chi connectivity index (χ0n) is 20.7. The lowest BCUT2D eigenvalue weighted by molar-refractivity contribution is -0.118. The van der Waals surface area contributed by atoms with Gasteiger partial charge in [0.25, 0.3) is 0 Å². The summed E-state index contributed by atoms with van der Waals surface area (Å²) in [6.07, 6.45) is 4.75. The van der Waals surface area contributed by atoms with Crippen LogP contribution in [0.3, 0.4) is 0 Å². The molecule has 2 aliphatic rings. The molecule has 2 fully saturated rings. The van der Waals surface area contributed by atoms with E-state index in [1.165, 1.54) is 17.7 Å². The van der Waals surface area contributed by atoms with Gasteiger partial charge >= 0.3 is 6.03 Å². The maximum absolute atomic E-state index is 12.9. The summed E-state index contributed by atoms with van der Waals surface area (Å²) in [4.78, 5) is 33.6. The van der Waals surface area contributed by atoms with Gasteiger partial charge in [-0.05, 0) is 38.0 Å². The third-order valence-electron chi connectivity index (χ3n) is 6.52. The van der Waals surface area contributed by atoms with Gasteiger partial charge in [-0.3, -0.25) is 10.1 Å². The first-order chi connectivity index (χ1) is 17.3. The number of nitrogens with zero attached hydrogens (tertiary/aromatic N) is 3. The maximum atomic E-state index is 12.9. The Morgan fingerprint density at radius 3 is 2.56 bits per heavy atom. The molecule has 1 aliphatic carbocycles. The molecule has 4 rings (SSSR count). The number of ether oxygens (including phenoxy) is 1. The van der Waals surface area contributed by atoms with E-state index in [0.29, 0.717) is 56.5 Å². The van der Waals surface area contributed by atoms with Crippen LogP contribution in [-0.2, 0) is 14.6 Å². The predicted octanol–water partition coefficient (Wildman–Crippen LogP) is 3.56. The van der Waals surface area contributed by atoms with Gasteiger partial charge in [0, 0.05) is 24.1 Å². The van der Waals surface area contributed by atoms with Gasteiger partial charge in [-0.25, -0.2) is 18.2 Å². The predicted molar refractivity (Wildman–Crippen MR) is 136 cm³/mol. The minimum absolute atomic E-state index is 0.0210. The number of carbonyl (C=O) groups is 2. The van der Waals surface area contributed by atoms with Crippen LogP contribution in [0, 0.1) is 5.92 Å². The fraction of sp³-hybridized carbons (Fsp3) is 0.538. The molecule has 1 aromatic carbocycles. The Morgan fingerprint density at radius 1 is 1.11 bits per heavy atom. The van der Waals surface area contributed by atoms with Crippen molar-refractivity contribution in [1.29, 1.82) is 0 Å².